The number of aromatic nitrogens is 1. The highest BCUT2D eigenvalue weighted by atomic mass is 32.1. The predicted octanol–water partition coefficient (Wildman–Crippen LogP) is 4.33. The van der Waals surface area contributed by atoms with Gasteiger partial charge in [0.2, 0.25) is 0 Å². The van der Waals surface area contributed by atoms with Crippen molar-refractivity contribution >= 4 is 28.6 Å². The largest absolute Gasteiger partial charge is 0.341 e. The minimum atomic E-state index is 0.0555. The maximum atomic E-state index is 12.7. The normalized spacial score (nSPS) is 19.0. The van der Waals surface area contributed by atoms with Gasteiger partial charge in [-0.05, 0) is 36.3 Å². The minimum Gasteiger partial charge on any atom is -0.341 e. The van der Waals surface area contributed by atoms with Crippen molar-refractivity contribution in [3.8, 4) is 9.88 Å². The Kier molecular flexibility index (Phi) is 6.17. The highest BCUT2D eigenvalue weighted by Gasteiger charge is 2.24. The van der Waals surface area contributed by atoms with Gasteiger partial charge in [0.15, 0.2) is 0 Å². The van der Waals surface area contributed by atoms with Gasteiger partial charge in [-0.1, -0.05) is 36.4 Å². The molecule has 28 heavy (non-hydrogen) atoms. The molecule has 2 N–H and O–H groups in total. The number of hydrogen-bond acceptors (Lipinski definition) is 6. The van der Waals surface area contributed by atoms with Crippen molar-refractivity contribution in [2.75, 3.05) is 13.6 Å². The summed E-state index contributed by atoms with van der Waals surface area (Å²) in [6.45, 7) is 0.749. The molecule has 3 heterocycles. The minimum absolute atomic E-state index is 0.0555. The summed E-state index contributed by atoms with van der Waals surface area (Å²) < 4.78 is 0. The van der Waals surface area contributed by atoms with E-state index in [1.54, 1.807) is 17.5 Å². The fourth-order valence-electron chi connectivity index (χ4n) is 3.47. The zero-order valence-electron chi connectivity index (χ0n) is 15.8. The van der Waals surface area contributed by atoms with Crippen LogP contribution in [0.25, 0.3) is 9.88 Å². The summed E-state index contributed by atoms with van der Waals surface area (Å²) in [5, 5.41) is 2.94. The molecule has 7 heteroatoms. The Morgan fingerprint density at radius 2 is 2.07 bits per heavy atom. The van der Waals surface area contributed by atoms with Crippen LogP contribution in [0, 0.1) is 0 Å². The molecule has 0 spiro atoms. The van der Waals surface area contributed by atoms with E-state index in [-0.39, 0.29) is 5.91 Å². The van der Waals surface area contributed by atoms with Crippen LogP contribution in [0.3, 0.4) is 0 Å². The Balaban J connectivity index is 1.23. The van der Waals surface area contributed by atoms with Gasteiger partial charge < -0.3 is 4.90 Å². The van der Waals surface area contributed by atoms with Gasteiger partial charge in [0, 0.05) is 25.7 Å². The average Bonchev–Trinajstić information content (AvgIpc) is 3.49. The summed E-state index contributed by atoms with van der Waals surface area (Å²) in [6, 6.07) is 15.4. The number of thiazole rings is 1. The lowest BCUT2D eigenvalue weighted by molar-refractivity contribution is 0.0796. The van der Waals surface area contributed by atoms with Gasteiger partial charge in [-0.15, -0.1) is 22.7 Å². The van der Waals surface area contributed by atoms with E-state index >= 15 is 0 Å². The van der Waals surface area contributed by atoms with E-state index in [9.17, 15) is 4.79 Å². The van der Waals surface area contributed by atoms with Crippen LogP contribution in [0.4, 0.5) is 0 Å². The number of hydrazine groups is 1. The first-order valence-corrected chi connectivity index (χ1v) is 11.2. The molecule has 146 valence electrons. The zero-order chi connectivity index (χ0) is 19.3. The van der Waals surface area contributed by atoms with E-state index in [0.717, 1.165) is 35.7 Å². The SMILES string of the molecule is CN(CCCC1CC(c2ccccc2)NN1)C(=O)c1cnc(-c2cccs2)s1. The second-order valence-electron chi connectivity index (χ2n) is 7.06. The van der Waals surface area contributed by atoms with Gasteiger partial charge in [-0.2, -0.15) is 0 Å². The van der Waals surface area contributed by atoms with Gasteiger partial charge in [0.25, 0.3) is 5.91 Å². The van der Waals surface area contributed by atoms with E-state index in [1.165, 1.54) is 16.9 Å². The van der Waals surface area contributed by atoms with Crippen molar-refractivity contribution in [3.63, 3.8) is 0 Å². The third kappa shape index (κ3) is 4.50. The van der Waals surface area contributed by atoms with Crippen LogP contribution >= 0.6 is 22.7 Å². The van der Waals surface area contributed by atoms with E-state index in [0.29, 0.717) is 17.0 Å². The Morgan fingerprint density at radius 3 is 2.86 bits per heavy atom. The van der Waals surface area contributed by atoms with Crippen LogP contribution in [0.5, 0.6) is 0 Å². The van der Waals surface area contributed by atoms with Gasteiger partial charge in [-0.3, -0.25) is 15.6 Å². The molecule has 4 rings (SSSR count). The van der Waals surface area contributed by atoms with Crippen molar-refractivity contribution in [2.24, 2.45) is 0 Å². The molecular weight excluding hydrogens is 388 g/mol. The van der Waals surface area contributed by atoms with E-state index < -0.39 is 0 Å². The summed E-state index contributed by atoms with van der Waals surface area (Å²) in [5.74, 6) is 0.0555. The molecule has 1 fully saturated rings. The first kappa shape index (κ1) is 19.3. The second-order valence-corrected chi connectivity index (χ2v) is 9.04. The molecule has 2 aromatic heterocycles. The first-order valence-electron chi connectivity index (χ1n) is 9.52. The van der Waals surface area contributed by atoms with Crippen LogP contribution in [0.2, 0.25) is 0 Å². The van der Waals surface area contributed by atoms with Crippen LogP contribution < -0.4 is 10.9 Å². The smallest absolute Gasteiger partial charge is 0.265 e. The molecule has 2 atom stereocenters. The van der Waals surface area contributed by atoms with Crippen LogP contribution in [0.15, 0.2) is 54.0 Å². The van der Waals surface area contributed by atoms with Crippen molar-refractivity contribution in [3.05, 3.63) is 64.5 Å². The van der Waals surface area contributed by atoms with Crippen LogP contribution in [0.1, 0.15) is 40.5 Å². The van der Waals surface area contributed by atoms with Crippen molar-refractivity contribution in [2.45, 2.75) is 31.3 Å². The molecule has 1 aromatic carbocycles. The summed E-state index contributed by atoms with van der Waals surface area (Å²) in [4.78, 5) is 20.7. The fraction of sp³-hybridized carbons (Fsp3) is 0.333. The van der Waals surface area contributed by atoms with Crippen molar-refractivity contribution < 1.29 is 4.79 Å². The third-order valence-electron chi connectivity index (χ3n) is 5.03. The molecule has 3 aromatic rings. The van der Waals surface area contributed by atoms with Crippen LogP contribution in [-0.2, 0) is 0 Å². The lowest BCUT2D eigenvalue weighted by atomic mass is 10.00. The Hall–Kier alpha value is -2.06. The van der Waals surface area contributed by atoms with E-state index in [4.69, 9.17) is 0 Å². The summed E-state index contributed by atoms with van der Waals surface area (Å²) in [6.07, 6.45) is 4.78. The van der Waals surface area contributed by atoms with Gasteiger partial charge in [-0.25, -0.2) is 4.98 Å². The van der Waals surface area contributed by atoms with Crippen molar-refractivity contribution in [1.29, 1.82) is 0 Å². The molecule has 2 unspecified atom stereocenters. The lowest BCUT2D eigenvalue weighted by Gasteiger charge is -2.17. The molecule has 0 radical (unpaired) electrons. The molecule has 0 bridgehead atoms. The monoisotopic (exact) mass is 412 g/mol. The molecule has 0 aliphatic carbocycles. The highest BCUT2D eigenvalue weighted by molar-refractivity contribution is 7.21. The number of benzene rings is 1. The molecule has 0 saturated carbocycles. The molecular formula is C21H24N4OS2. The number of nitrogens with one attached hydrogen (secondary N) is 2. The number of carbonyl (C=O) groups is 1. The maximum Gasteiger partial charge on any atom is 0.265 e. The number of thiophene rings is 1. The molecule has 1 saturated heterocycles. The quantitative estimate of drug-likeness (QED) is 0.606. The topological polar surface area (TPSA) is 57.3 Å². The molecule has 1 aliphatic rings. The summed E-state index contributed by atoms with van der Waals surface area (Å²) in [7, 11) is 1.87. The molecule has 1 aliphatic heterocycles. The Bertz CT molecular complexity index is 894. The van der Waals surface area contributed by atoms with E-state index in [1.807, 2.05) is 35.5 Å². The number of nitrogens with zero attached hydrogens (tertiary/aromatic N) is 2. The number of hydrogen-bond donors (Lipinski definition) is 2. The number of rotatable bonds is 7. The summed E-state index contributed by atoms with van der Waals surface area (Å²) >= 11 is 3.12. The fourth-order valence-corrected chi connectivity index (χ4v) is 5.18. The Labute approximate surface area is 173 Å². The number of amides is 1. The number of carbonyl (C=O) groups excluding carboxylic acids is 1. The van der Waals surface area contributed by atoms with Gasteiger partial charge >= 0.3 is 0 Å². The standard InChI is InChI=1S/C21H24N4OS2/c1-25(21(26)19-14-22-20(28-19)18-10-6-12-27-18)11-5-9-16-13-17(24-23-16)15-7-3-2-4-8-15/h2-4,6-8,10,12,14,16-17,23-24H,5,9,11,13H2,1H3. The van der Waals surface area contributed by atoms with Crippen LogP contribution in [-0.4, -0.2) is 35.4 Å². The Morgan fingerprint density at radius 1 is 1.21 bits per heavy atom. The first-order chi connectivity index (χ1) is 13.7. The second kappa shape index (κ2) is 8.96. The maximum absolute atomic E-state index is 12.7. The lowest BCUT2D eigenvalue weighted by Crippen LogP contribution is -2.32. The van der Waals surface area contributed by atoms with Gasteiger partial charge in [0.1, 0.15) is 9.88 Å². The van der Waals surface area contributed by atoms with Crippen molar-refractivity contribution in [1.82, 2.24) is 20.7 Å². The molecule has 1 amide bonds. The molecule has 5 nitrogen and oxygen atoms in total. The summed E-state index contributed by atoms with van der Waals surface area (Å²) in [5.41, 5.74) is 8.10. The predicted molar refractivity (Wildman–Crippen MR) is 115 cm³/mol. The average molecular weight is 413 g/mol. The van der Waals surface area contributed by atoms with Gasteiger partial charge in [0.05, 0.1) is 11.1 Å². The van der Waals surface area contributed by atoms with E-state index in [2.05, 4.69) is 40.1 Å². The third-order valence-corrected chi connectivity index (χ3v) is 7.05. The zero-order valence-corrected chi connectivity index (χ0v) is 17.4. The highest BCUT2D eigenvalue weighted by Crippen LogP contribution is 2.29.